The van der Waals surface area contributed by atoms with Crippen molar-refractivity contribution in [2.75, 3.05) is 19.7 Å². The molecule has 1 aliphatic heterocycles. The van der Waals surface area contributed by atoms with E-state index in [4.69, 9.17) is 10.5 Å². The Bertz CT molecular complexity index is 559. The Hall–Kier alpha value is -2.08. The summed E-state index contributed by atoms with van der Waals surface area (Å²) in [6.45, 7) is 6.41. The molecule has 0 bridgehead atoms. The molecule has 1 saturated heterocycles. The SMILES string of the molecule is CCC(=O)N1CC[C@@H](NCc2ccc(OCC(N)=O)cc2)[C@@H](C)C1. The van der Waals surface area contributed by atoms with E-state index in [1.807, 2.05) is 36.1 Å². The van der Waals surface area contributed by atoms with Crippen molar-refractivity contribution in [3.8, 4) is 5.75 Å². The second-order valence-electron chi connectivity index (χ2n) is 6.35. The molecule has 6 nitrogen and oxygen atoms in total. The second kappa shape index (κ2) is 8.68. The lowest BCUT2D eigenvalue weighted by atomic mass is 9.93. The van der Waals surface area contributed by atoms with Crippen molar-refractivity contribution in [3.63, 3.8) is 0 Å². The van der Waals surface area contributed by atoms with E-state index in [-0.39, 0.29) is 12.5 Å². The molecule has 1 aromatic carbocycles. The fourth-order valence-corrected chi connectivity index (χ4v) is 3.01. The first-order valence-electron chi connectivity index (χ1n) is 8.50. The average molecular weight is 333 g/mol. The molecule has 0 aliphatic carbocycles. The summed E-state index contributed by atoms with van der Waals surface area (Å²) >= 11 is 0. The molecule has 132 valence electrons. The molecule has 2 amide bonds. The first-order valence-corrected chi connectivity index (χ1v) is 8.50. The average Bonchev–Trinajstić information content (AvgIpc) is 2.59. The highest BCUT2D eigenvalue weighted by Gasteiger charge is 2.27. The van der Waals surface area contributed by atoms with Crippen molar-refractivity contribution in [1.29, 1.82) is 0 Å². The smallest absolute Gasteiger partial charge is 0.255 e. The van der Waals surface area contributed by atoms with Crippen LogP contribution in [0, 0.1) is 5.92 Å². The third kappa shape index (κ3) is 5.23. The molecule has 1 heterocycles. The van der Waals surface area contributed by atoms with E-state index in [2.05, 4.69) is 12.2 Å². The molecule has 3 N–H and O–H groups in total. The maximum Gasteiger partial charge on any atom is 0.255 e. The fraction of sp³-hybridized carbons (Fsp3) is 0.556. The maximum absolute atomic E-state index is 11.8. The molecule has 0 saturated carbocycles. The van der Waals surface area contributed by atoms with Gasteiger partial charge in [-0.15, -0.1) is 0 Å². The summed E-state index contributed by atoms with van der Waals surface area (Å²) in [7, 11) is 0. The summed E-state index contributed by atoms with van der Waals surface area (Å²) in [6, 6.07) is 8.04. The van der Waals surface area contributed by atoms with Crippen LogP contribution in [0.15, 0.2) is 24.3 Å². The molecule has 6 heteroatoms. The van der Waals surface area contributed by atoms with E-state index in [0.717, 1.165) is 31.6 Å². The van der Waals surface area contributed by atoms with Crippen molar-refractivity contribution >= 4 is 11.8 Å². The molecule has 0 spiro atoms. The van der Waals surface area contributed by atoms with E-state index in [9.17, 15) is 9.59 Å². The highest BCUT2D eigenvalue weighted by Crippen LogP contribution is 2.19. The van der Waals surface area contributed by atoms with E-state index >= 15 is 0 Å². The van der Waals surface area contributed by atoms with Crippen molar-refractivity contribution in [2.45, 2.75) is 39.3 Å². The van der Waals surface area contributed by atoms with E-state index < -0.39 is 5.91 Å². The number of rotatable bonds is 7. The normalized spacial score (nSPS) is 20.7. The minimum absolute atomic E-state index is 0.107. The molecule has 2 atom stereocenters. The van der Waals surface area contributed by atoms with Gasteiger partial charge in [0.15, 0.2) is 6.61 Å². The lowest BCUT2D eigenvalue weighted by Crippen LogP contribution is -2.49. The van der Waals surface area contributed by atoms with E-state index in [1.165, 1.54) is 0 Å². The zero-order valence-corrected chi connectivity index (χ0v) is 14.5. The number of nitrogens with one attached hydrogen (secondary N) is 1. The molecular formula is C18H27N3O3. The molecule has 0 unspecified atom stereocenters. The molecule has 24 heavy (non-hydrogen) atoms. The monoisotopic (exact) mass is 333 g/mol. The summed E-state index contributed by atoms with van der Waals surface area (Å²) in [5.41, 5.74) is 6.21. The Morgan fingerprint density at radius 3 is 2.62 bits per heavy atom. The fourth-order valence-electron chi connectivity index (χ4n) is 3.01. The summed E-state index contributed by atoms with van der Waals surface area (Å²) in [5.74, 6) is 0.833. The Kier molecular flexibility index (Phi) is 6.61. The lowest BCUT2D eigenvalue weighted by molar-refractivity contribution is -0.132. The highest BCUT2D eigenvalue weighted by atomic mass is 16.5. The number of benzene rings is 1. The van der Waals surface area contributed by atoms with E-state index in [0.29, 0.717) is 24.1 Å². The van der Waals surface area contributed by atoms with Gasteiger partial charge in [-0.3, -0.25) is 9.59 Å². The van der Waals surface area contributed by atoms with Crippen LogP contribution in [0.5, 0.6) is 5.75 Å². The number of amides is 2. The third-order valence-electron chi connectivity index (χ3n) is 4.43. The number of hydrogen-bond acceptors (Lipinski definition) is 4. The quantitative estimate of drug-likeness (QED) is 0.787. The number of carbonyl (C=O) groups excluding carboxylic acids is 2. The summed E-state index contributed by atoms with van der Waals surface area (Å²) < 4.78 is 5.25. The molecule has 1 aromatic rings. The van der Waals surface area contributed by atoms with Crippen LogP contribution < -0.4 is 15.8 Å². The number of carbonyl (C=O) groups is 2. The van der Waals surface area contributed by atoms with Gasteiger partial charge in [0.25, 0.3) is 5.91 Å². The Morgan fingerprint density at radius 1 is 1.33 bits per heavy atom. The largest absolute Gasteiger partial charge is 0.484 e. The zero-order chi connectivity index (χ0) is 17.5. The number of likely N-dealkylation sites (tertiary alicyclic amines) is 1. The van der Waals surface area contributed by atoms with Gasteiger partial charge in [-0.05, 0) is 30.0 Å². The first kappa shape index (κ1) is 18.3. The maximum atomic E-state index is 11.8. The summed E-state index contributed by atoms with van der Waals surface area (Å²) in [6.07, 6.45) is 1.56. The topological polar surface area (TPSA) is 84.7 Å². The number of primary amides is 1. The lowest BCUT2D eigenvalue weighted by Gasteiger charge is -2.37. The minimum Gasteiger partial charge on any atom is -0.484 e. The van der Waals surface area contributed by atoms with Crippen LogP contribution in [-0.4, -0.2) is 42.5 Å². The van der Waals surface area contributed by atoms with Gasteiger partial charge in [0, 0.05) is 32.1 Å². The number of ether oxygens (including phenoxy) is 1. The van der Waals surface area contributed by atoms with Gasteiger partial charge in [-0.1, -0.05) is 26.0 Å². The molecule has 1 fully saturated rings. The summed E-state index contributed by atoms with van der Waals surface area (Å²) in [5, 5.41) is 3.58. The van der Waals surface area contributed by atoms with Crippen LogP contribution in [0.1, 0.15) is 32.3 Å². The highest BCUT2D eigenvalue weighted by molar-refractivity contribution is 5.76. The van der Waals surface area contributed by atoms with Gasteiger partial charge in [0.1, 0.15) is 5.75 Å². The van der Waals surface area contributed by atoms with Crippen molar-refractivity contribution < 1.29 is 14.3 Å². The van der Waals surface area contributed by atoms with Crippen LogP contribution >= 0.6 is 0 Å². The predicted octanol–water partition coefficient (Wildman–Crippen LogP) is 1.29. The molecular weight excluding hydrogens is 306 g/mol. The molecule has 2 rings (SSSR count). The van der Waals surface area contributed by atoms with Gasteiger partial charge >= 0.3 is 0 Å². The van der Waals surface area contributed by atoms with E-state index in [1.54, 1.807) is 0 Å². The Labute approximate surface area is 143 Å². The van der Waals surface area contributed by atoms with Crippen LogP contribution in [0.25, 0.3) is 0 Å². The third-order valence-corrected chi connectivity index (χ3v) is 4.43. The predicted molar refractivity (Wildman–Crippen MR) is 92.4 cm³/mol. The van der Waals surface area contributed by atoms with Crippen molar-refractivity contribution in [2.24, 2.45) is 11.7 Å². The van der Waals surface area contributed by atoms with Gasteiger partial charge in [0.2, 0.25) is 5.91 Å². The molecule has 1 aliphatic rings. The summed E-state index contributed by atoms with van der Waals surface area (Å²) in [4.78, 5) is 24.5. The molecule has 0 aromatic heterocycles. The van der Waals surface area contributed by atoms with Crippen molar-refractivity contribution in [3.05, 3.63) is 29.8 Å². The number of piperidine rings is 1. The zero-order valence-electron chi connectivity index (χ0n) is 14.5. The first-order chi connectivity index (χ1) is 11.5. The number of hydrogen-bond donors (Lipinski definition) is 2. The van der Waals surface area contributed by atoms with Gasteiger partial charge in [-0.25, -0.2) is 0 Å². The number of nitrogens with zero attached hydrogens (tertiary/aromatic N) is 1. The van der Waals surface area contributed by atoms with Crippen LogP contribution in [0.2, 0.25) is 0 Å². The standard InChI is InChI=1S/C18H27N3O3/c1-3-18(23)21-9-8-16(13(2)11-21)20-10-14-4-6-15(7-5-14)24-12-17(19)22/h4-7,13,16,20H,3,8-12H2,1-2H3,(H2,19,22)/t13-,16+/m0/s1. The van der Waals surface area contributed by atoms with Crippen LogP contribution in [-0.2, 0) is 16.1 Å². The van der Waals surface area contributed by atoms with Crippen molar-refractivity contribution in [1.82, 2.24) is 10.2 Å². The Balaban J connectivity index is 1.79. The Morgan fingerprint density at radius 2 is 2.04 bits per heavy atom. The minimum atomic E-state index is -0.484. The molecule has 0 radical (unpaired) electrons. The van der Waals surface area contributed by atoms with Gasteiger partial charge in [-0.2, -0.15) is 0 Å². The van der Waals surface area contributed by atoms with Gasteiger partial charge < -0.3 is 20.7 Å². The van der Waals surface area contributed by atoms with Crippen LogP contribution in [0.3, 0.4) is 0 Å². The second-order valence-corrected chi connectivity index (χ2v) is 6.35. The number of nitrogens with two attached hydrogens (primary N) is 1. The van der Waals surface area contributed by atoms with Crippen LogP contribution in [0.4, 0.5) is 0 Å². The van der Waals surface area contributed by atoms with Gasteiger partial charge in [0.05, 0.1) is 0 Å².